The average molecular weight is 825 g/mol. The predicted molar refractivity (Wildman–Crippen MR) is 223 cm³/mol. The van der Waals surface area contributed by atoms with Crippen LogP contribution in [-0.4, -0.2) is 132 Å². The van der Waals surface area contributed by atoms with E-state index in [-0.39, 0.29) is 43.2 Å². The molecule has 0 aliphatic heterocycles. The second-order valence-electron chi connectivity index (χ2n) is 9.48. The van der Waals surface area contributed by atoms with Crippen molar-refractivity contribution in [2.45, 2.75) is 135 Å². The van der Waals surface area contributed by atoms with Gasteiger partial charge in [0, 0.05) is 70.4 Å². The van der Waals surface area contributed by atoms with Gasteiger partial charge in [0.15, 0.2) is 0 Å². The minimum Gasteiger partial charge on any atom is -0.390 e. The summed E-state index contributed by atoms with van der Waals surface area (Å²) in [6.07, 6.45) is 2.87. The predicted octanol–water partition coefficient (Wildman–Crippen LogP) is 3.49. The highest BCUT2D eigenvalue weighted by atomic mass is 28.4. The molecule has 324 valence electrons. The Balaban J connectivity index is -0.0000000651. The maximum absolute atomic E-state index is 9.06. The van der Waals surface area contributed by atoms with E-state index < -0.39 is 35.2 Å². The van der Waals surface area contributed by atoms with Gasteiger partial charge < -0.3 is 77.9 Å². The monoisotopic (exact) mass is 825 g/mol. The Hall–Kier alpha value is 0.228. The molecule has 16 nitrogen and oxygen atoms in total. The topological polar surface area (TPSA) is 270 Å². The number of nitrogens with two attached hydrogens (primary N) is 4. The Morgan fingerprint density at radius 1 is 0.353 bits per heavy atom. The SMILES string of the molecule is C.C.C.C.C.CCO[Si](CCCN)(OCC)OCC.CCO[Si](CCCN)(OCC)OCC.CCO[Si](O)(O)CCCN.NCCC[Si](O)(O)O. The van der Waals surface area contributed by atoms with Crippen LogP contribution in [0.15, 0.2) is 0 Å². The Labute approximate surface area is 320 Å². The summed E-state index contributed by atoms with van der Waals surface area (Å²) in [5.74, 6) is 0. The number of hydrogen-bond donors (Lipinski definition) is 9. The lowest BCUT2D eigenvalue weighted by Crippen LogP contribution is -2.46. The van der Waals surface area contributed by atoms with Crippen LogP contribution in [-0.2, 0) is 31.0 Å². The van der Waals surface area contributed by atoms with Gasteiger partial charge in [-0.3, -0.25) is 0 Å². The molecule has 0 heterocycles. The molecule has 0 saturated carbocycles. The standard InChI is InChI=1S/2C9H23NO3Si.C5H15NO3Si.C3H11NO3Si.5CH4/c2*1-4-11-14(12-5-2,13-6-3)9-7-8-10;1-2-9-10(7,8)5-3-4-6;4-2-1-3-8(5,6)7;;;;;/h2*4-10H2,1-3H3;7-8H,2-6H2,1H3;5-7H,1-4H2;5*1H4. The summed E-state index contributed by atoms with van der Waals surface area (Å²) in [5.41, 5.74) is 21.2. The highest BCUT2D eigenvalue weighted by Crippen LogP contribution is 2.18. The first kappa shape index (κ1) is 72.5. The van der Waals surface area contributed by atoms with Crippen LogP contribution in [0.3, 0.4) is 0 Å². The maximum Gasteiger partial charge on any atom is 0.500 e. The Kier molecular flexibility index (Phi) is 68.6. The first-order valence-corrected chi connectivity index (χ1v) is 24.5. The molecule has 0 spiro atoms. The van der Waals surface area contributed by atoms with Gasteiger partial charge in [-0.2, -0.15) is 0 Å². The van der Waals surface area contributed by atoms with Crippen LogP contribution in [0.1, 0.15) is 111 Å². The Morgan fingerprint density at radius 2 is 0.569 bits per heavy atom. The van der Waals surface area contributed by atoms with E-state index in [0.717, 1.165) is 24.9 Å². The van der Waals surface area contributed by atoms with Gasteiger partial charge in [-0.15, -0.1) is 0 Å². The van der Waals surface area contributed by atoms with E-state index in [1.165, 1.54) is 0 Å². The molecule has 0 atom stereocenters. The molecule has 0 saturated heterocycles. The minimum absolute atomic E-state index is 0. The molecular formula is C31H92N4O12Si4. The summed E-state index contributed by atoms with van der Waals surface area (Å²) in [6.45, 7) is 19.8. The van der Waals surface area contributed by atoms with Crippen LogP contribution in [0.25, 0.3) is 0 Å². The van der Waals surface area contributed by atoms with E-state index in [9.17, 15) is 0 Å². The average Bonchev–Trinajstić information content (AvgIpc) is 2.98. The molecule has 13 N–H and O–H groups in total. The molecule has 0 rings (SSSR count). The fourth-order valence-corrected chi connectivity index (χ4v) is 10.8. The lowest BCUT2D eigenvalue weighted by molar-refractivity contribution is 0.0702. The molecule has 0 aliphatic rings. The van der Waals surface area contributed by atoms with Crippen LogP contribution >= 0.6 is 0 Å². The summed E-state index contributed by atoms with van der Waals surface area (Å²) >= 11 is 0. The zero-order valence-corrected chi connectivity index (χ0v) is 33.8. The van der Waals surface area contributed by atoms with E-state index in [1.807, 2.05) is 41.5 Å². The third-order valence-corrected chi connectivity index (χ3v) is 14.4. The second-order valence-corrected chi connectivity index (χ2v) is 19.3. The van der Waals surface area contributed by atoms with Crippen LogP contribution in [0.4, 0.5) is 0 Å². The largest absolute Gasteiger partial charge is 0.500 e. The zero-order valence-electron chi connectivity index (χ0n) is 29.8. The number of rotatable bonds is 26. The molecule has 0 aromatic heterocycles. The molecule has 0 aliphatic carbocycles. The molecule has 0 unspecified atom stereocenters. The second kappa shape index (κ2) is 48.2. The van der Waals surface area contributed by atoms with E-state index >= 15 is 0 Å². The van der Waals surface area contributed by atoms with Crippen molar-refractivity contribution in [3.05, 3.63) is 0 Å². The maximum atomic E-state index is 9.06. The van der Waals surface area contributed by atoms with Crippen LogP contribution in [0.5, 0.6) is 0 Å². The summed E-state index contributed by atoms with van der Waals surface area (Å²) in [4.78, 5) is 43.2. The van der Waals surface area contributed by atoms with E-state index in [4.69, 9.17) is 77.9 Å². The van der Waals surface area contributed by atoms with E-state index in [2.05, 4.69) is 0 Å². The van der Waals surface area contributed by atoms with Crippen LogP contribution in [0.2, 0.25) is 24.2 Å². The van der Waals surface area contributed by atoms with Crippen molar-refractivity contribution in [1.82, 2.24) is 0 Å². The third kappa shape index (κ3) is 50.2. The first-order chi connectivity index (χ1) is 21.7. The van der Waals surface area contributed by atoms with Crippen molar-refractivity contribution in [3.8, 4) is 0 Å². The van der Waals surface area contributed by atoms with E-state index in [0.29, 0.717) is 91.3 Å². The van der Waals surface area contributed by atoms with Gasteiger partial charge in [0.25, 0.3) is 0 Å². The Morgan fingerprint density at radius 3 is 0.745 bits per heavy atom. The molecule has 0 aromatic rings. The van der Waals surface area contributed by atoms with Gasteiger partial charge in [-0.25, -0.2) is 0 Å². The molecule has 0 radical (unpaired) electrons. The highest BCUT2D eigenvalue weighted by Gasteiger charge is 2.40. The summed E-state index contributed by atoms with van der Waals surface area (Å²) < 4.78 is 38.6. The van der Waals surface area contributed by atoms with Gasteiger partial charge in [-0.1, -0.05) is 37.1 Å². The van der Waals surface area contributed by atoms with Gasteiger partial charge in [-0.05, 0) is 100 Å². The highest BCUT2D eigenvalue weighted by molar-refractivity contribution is 6.61. The van der Waals surface area contributed by atoms with Crippen molar-refractivity contribution in [3.63, 3.8) is 0 Å². The lowest BCUT2D eigenvalue weighted by Gasteiger charge is -2.28. The summed E-state index contributed by atoms with van der Waals surface area (Å²) in [6, 6.07) is 1.98. The smallest absolute Gasteiger partial charge is 0.390 e. The summed E-state index contributed by atoms with van der Waals surface area (Å²) in [5, 5.41) is 0. The molecule has 20 heteroatoms. The van der Waals surface area contributed by atoms with Crippen molar-refractivity contribution in [2.24, 2.45) is 22.9 Å². The fourth-order valence-electron chi connectivity index (χ4n) is 3.61. The molecule has 0 fully saturated rings. The third-order valence-electron chi connectivity index (χ3n) is 5.36. The van der Waals surface area contributed by atoms with Crippen molar-refractivity contribution in [1.29, 1.82) is 0 Å². The van der Waals surface area contributed by atoms with Crippen molar-refractivity contribution >= 4 is 35.2 Å². The molecule has 0 aromatic carbocycles. The van der Waals surface area contributed by atoms with Crippen molar-refractivity contribution in [2.75, 3.05) is 72.4 Å². The van der Waals surface area contributed by atoms with Gasteiger partial charge in [0.1, 0.15) is 0 Å². The quantitative estimate of drug-likeness (QED) is 0.0565. The molecular weight excluding hydrogens is 733 g/mol. The summed E-state index contributed by atoms with van der Waals surface area (Å²) in [7, 11) is -11.9. The van der Waals surface area contributed by atoms with Gasteiger partial charge in [0.05, 0.1) is 0 Å². The van der Waals surface area contributed by atoms with Crippen LogP contribution < -0.4 is 22.9 Å². The van der Waals surface area contributed by atoms with Crippen molar-refractivity contribution < 1.29 is 55.0 Å². The normalized spacial score (nSPS) is 10.8. The molecule has 0 amide bonds. The van der Waals surface area contributed by atoms with E-state index in [1.54, 1.807) is 6.92 Å². The van der Waals surface area contributed by atoms with Gasteiger partial charge in [0.2, 0.25) is 0 Å². The van der Waals surface area contributed by atoms with Crippen LogP contribution in [0, 0.1) is 0 Å². The first-order valence-electron chi connectivity index (χ1n) is 16.6. The number of hydrogen-bond acceptors (Lipinski definition) is 16. The fraction of sp³-hybridized carbons (Fsp3) is 1.00. The molecule has 51 heavy (non-hydrogen) atoms. The Bertz CT molecular complexity index is 560. The van der Waals surface area contributed by atoms with Gasteiger partial charge >= 0.3 is 35.2 Å². The zero-order chi connectivity index (χ0) is 36.4. The molecule has 0 bridgehead atoms. The lowest BCUT2D eigenvalue weighted by atomic mass is 10.5. The minimum atomic E-state index is -3.76.